The van der Waals surface area contributed by atoms with Gasteiger partial charge in [0.1, 0.15) is 18.7 Å². The lowest BCUT2D eigenvalue weighted by atomic mass is 10.0. The Balaban J connectivity index is 1.87. The number of hydrogen-bond donors (Lipinski definition) is 5. The lowest BCUT2D eigenvalue weighted by molar-refractivity contribution is -0.171. The standard InChI is InChI=1S/C26H32FN3O9/c1-16(32)22(33)21-19(14-30(23(21)34)26(37,6-3-9-31)25(36)28-2)24(35)39-15-18-5-4-17(12-20(18)27)13-29-7-10-38-11-8-29/h4-5,9,12,32-33,35,37H,1,3,6-8,10-11,13-15H2,2H3,(H,28,36)/b22-21-,24-19+. The largest absolute Gasteiger partial charge is 0.505 e. The zero-order chi connectivity index (χ0) is 28.7. The quantitative estimate of drug-likeness (QED) is 0.153. The third-order valence-electron chi connectivity index (χ3n) is 6.49. The number of halogens is 1. The lowest BCUT2D eigenvalue weighted by Gasteiger charge is -2.34. The van der Waals surface area contributed by atoms with E-state index in [-0.39, 0.29) is 12.0 Å². The summed E-state index contributed by atoms with van der Waals surface area (Å²) in [5, 5.41) is 44.0. The van der Waals surface area contributed by atoms with Crippen molar-refractivity contribution in [2.75, 3.05) is 39.9 Å². The van der Waals surface area contributed by atoms with Gasteiger partial charge in [-0.15, -0.1) is 0 Å². The van der Waals surface area contributed by atoms with Crippen LogP contribution in [0.15, 0.2) is 53.4 Å². The molecule has 1 aromatic carbocycles. The molecule has 2 heterocycles. The van der Waals surface area contributed by atoms with Gasteiger partial charge in [-0.05, 0) is 11.6 Å². The molecule has 12 nitrogen and oxygen atoms in total. The van der Waals surface area contributed by atoms with Gasteiger partial charge < -0.3 is 40.0 Å². The molecule has 0 bridgehead atoms. The van der Waals surface area contributed by atoms with Gasteiger partial charge in [0.05, 0.1) is 30.9 Å². The number of carbonyl (C=O) groups excluding carboxylic acids is 3. The zero-order valence-corrected chi connectivity index (χ0v) is 21.5. The Morgan fingerprint density at radius 3 is 2.56 bits per heavy atom. The zero-order valence-electron chi connectivity index (χ0n) is 21.5. The lowest BCUT2D eigenvalue weighted by Crippen LogP contribution is -2.59. The average Bonchev–Trinajstić information content (AvgIpc) is 3.28. The molecule has 0 aromatic heterocycles. The Hall–Kier alpha value is -3.94. The highest BCUT2D eigenvalue weighted by Crippen LogP contribution is 2.35. The molecule has 3 rings (SSSR count). The minimum atomic E-state index is -2.54. The SMILES string of the molecule is C=C(O)/C(O)=C1/C(=O)N(C(O)(CCC=O)C(=O)NC)C/C1=C(/O)OCc1ccc(CN2CCOCC2)cc1F. The van der Waals surface area contributed by atoms with Gasteiger partial charge in [0, 0.05) is 45.1 Å². The summed E-state index contributed by atoms with van der Waals surface area (Å²) in [6.07, 6.45) is -0.350. The highest BCUT2D eigenvalue weighted by Gasteiger charge is 2.51. The summed E-state index contributed by atoms with van der Waals surface area (Å²) in [4.78, 5) is 39.3. The van der Waals surface area contributed by atoms with Gasteiger partial charge in [0.15, 0.2) is 11.5 Å². The predicted octanol–water partition coefficient (Wildman–Crippen LogP) is 1.08. The Bertz CT molecular complexity index is 1190. The van der Waals surface area contributed by atoms with Crippen LogP contribution in [0, 0.1) is 5.82 Å². The summed E-state index contributed by atoms with van der Waals surface area (Å²) in [5.74, 6) is -5.64. The molecule has 2 fully saturated rings. The Morgan fingerprint density at radius 2 is 1.97 bits per heavy atom. The number of likely N-dealkylation sites (tertiary alicyclic amines) is 1. The second-order valence-electron chi connectivity index (χ2n) is 9.05. The van der Waals surface area contributed by atoms with Gasteiger partial charge in [0.2, 0.25) is 5.72 Å². The van der Waals surface area contributed by atoms with E-state index >= 15 is 0 Å². The summed E-state index contributed by atoms with van der Waals surface area (Å²) in [7, 11) is 1.21. The number of rotatable bonds is 11. The fraction of sp³-hybridized carbons (Fsp3) is 0.423. The molecule has 39 heavy (non-hydrogen) atoms. The normalized spacial score (nSPS) is 20.3. The Morgan fingerprint density at radius 1 is 1.28 bits per heavy atom. The van der Waals surface area contributed by atoms with Crippen LogP contribution in [0.25, 0.3) is 0 Å². The number of likely N-dealkylation sites (N-methyl/N-ethyl adjacent to an activating group) is 1. The number of morpholine rings is 1. The van der Waals surface area contributed by atoms with E-state index in [1.54, 1.807) is 6.07 Å². The maximum absolute atomic E-state index is 14.8. The van der Waals surface area contributed by atoms with Crippen molar-refractivity contribution in [3.63, 3.8) is 0 Å². The predicted molar refractivity (Wildman–Crippen MR) is 134 cm³/mol. The van der Waals surface area contributed by atoms with Crippen molar-refractivity contribution in [3.8, 4) is 0 Å². The molecule has 0 aliphatic carbocycles. The first-order valence-electron chi connectivity index (χ1n) is 12.2. The van der Waals surface area contributed by atoms with Crippen LogP contribution in [-0.2, 0) is 37.0 Å². The van der Waals surface area contributed by atoms with Gasteiger partial charge in [-0.25, -0.2) is 4.39 Å². The van der Waals surface area contributed by atoms with Gasteiger partial charge >= 0.3 is 0 Å². The van der Waals surface area contributed by atoms with Crippen LogP contribution in [0.3, 0.4) is 0 Å². The molecule has 13 heteroatoms. The summed E-state index contributed by atoms with van der Waals surface area (Å²) >= 11 is 0. The van der Waals surface area contributed by atoms with Crippen molar-refractivity contribution in [3.05, 3.63) is 70.3 Å². The van der Waals surface area contributed by atoms with Gasteiger partial charge in [-0.3, -0.25) is 19.4 Å². The summed E-state index contributed by atoms with van der Waals surface area (Å²) < 4.78 is 25.4. The third-order valence-corrected chi connectivity index (χ3v) is 6.49. The summed E-state index contributed by atoms with van der Waals surface area (Å²) in [6.45, 7) is 5.25. The monoisotopic (exact) mass is 549 g/mol. The fourth-order valence-electron chi connectivity index (χ4n) is 4.32. The van der Waals surface area contributed by atoms with Gasteiger partial charge in [-0.1, -0.05) is 18.7 Å². The van der Waals surface area contributed by atoms with E-state index in [0.717, 1.165) is 18.7 Å². The maximum Gasteiger partial charge on any atom is 0.283 e. The average molecular weight is 550 g/mol. The topological polar surface area (TPSA) is 169 Å². The van der Waals surface area contributed by atoms with Gasteiger partial charge in [0.25, 0.3) is 17.8 Å². The molecule has 0 radical (unpaired) electrons. The van der Waals surface area contributed by atoms with Crippen LogP contribution >= 0.6 is 0 Å². The molecule has 2 saturated heterocycles. The van der Waals surface area contributed by atoms with Crippen molar-refractivity contribution in [2.45, 2.75) is 31.7 Å². The molecule has 0 spiro atoms. The molecule has 1 aromatic rings. The van der Waals surface area contributed by atoms with E-state index in [1.807, 2.05) is 0 Å². The van der Waals surface area contributed by atoms with Crippen molar-refractivity contribution in [1.82, 2.24) is 15.1 Å². The Kier molecular flexibility index (Phi) is 9.67. The van der Waals surface area contributed by atoms with E-state index in [2.05, 4.69) is 16.8 Å². The molecule has 5 N–H and O–H groups in total. The van der Waals surface area contributed by atoms with Crippen LogP contribution in [-0.4, -0.2) is 93.9 Å². The van der Waals surface area contributed by atoms with Crippen LogP contribution in [0.4, 0.5) is 4.39 Å². The van der Waals surface area contributed by atoms with E-state index < -0.39 is 71.5 Å². The Labute approximate surface area is 224 Å². The van der Waals surface area contributed by atoms with Gasteiger partial charge in [-0.2, -0.15) is 0 Å². The van der Waals surface area contributed by atoms with Crippen LogP contribution in [0.1, 0.15) is 24.0 Å². The number of aldehydes is 1. The van der Waals surface area contributed by atoms with Crippen LogP contribution in [0.2, 0.25) is 0 Å². The van der Waals surface area contributed by atoms with E-state index in [4.69, 9.17) is 9.47 Å². The second kappa shape index (κ2) is 12.7. The van der Waals surface area contributed by atoms with E-state index in [0.29, 0.717) is 30.9 Å². The molecule has 212 valence electrons. The smallest absolute Gasteiger partial charge is 0.283 e. The van der Waals surface area contributed by atoms with E-state index in [9.17, 15) is 39.2 Å². The van der Waals surface area contributed by atoms with Crippen molar-refractivity contribution in [2.24, 2.45) is 0 Å². The number of benzene rings is 1. The minimum absolute atomic E-state index is 0.0863. The second-order valence-corrected chi connectivity index (χ2v) is 9.05. The minimum Gasteiger partial charge on any atom is -0.505 e. The molecule has 0 saturated carbocycles. The first-order chi connectivity index (χ1) is 18.5. The fourth-order valence-corrected chi connectivity index (χ4v) is 4.32. The number of hydrogen-bond acceptors (Lipinski definition) is 10. The first-order valence-corrected chi connectivity index (χ1v) is 12.2. The number of amides is 2. The van der Waals surface area contributed by atoms with Crippen molar-refractivity contribution < 1.29 is 48.7 Å². The number of nitrogens with one attached hydrogen (secondary N) is 1. The number of nitrogens with zero attached hydrogens (tertiary/aromatic N) is 2. The highest BCUT2D eigenvalue weighted by molar-refractivity contribution is 6.05. The molecule has 1 atom stereocenters. The van der Waals surface area contributed by atoms with Crippen molar-refractivity contribution in [1.29, 1.82) is 0 Å². The molecular formula is C26H32FN3O9. The highest BCUT2D eigenvalue weighted by atomic mass is 19.1. The summed E-state index contributed by atoms with van der Waals surface area (Å²) in [5.41, 5.74) is -2.80. The van der Waals surface area contributed by atoms with Crippen LogP contribution < -0.4 is 5.32 Å². The molecule has 1 unspecified atom stereocenters. The van der Waals surface area contributed by atoms with Crippen LogP contribution in [0.5, 0.6) is 0 Å². The van der Waals surface area contributed by atoms with E-state index in [1.165, 1.54) is 19.2 Å². The molecular weight excluding hydrogens is 517 g/mol. The number of aliphatic hydroxyl groups excluding tert-OH is 3. The number of aliphatic hydroxyl groups is 4. The third kappa shape index (κ3) is 6.56. The summed E-state index contributed by atoms with van der Waals surface area (Å²) in [6, 6.07) is 4.55. The maximum atomic E-state index is 14.8. The first kappa shape index (κ1) is 29.6. The molecule has 2 aliphatic heterocycles. The van der Waals surface area contributed by atoms with Crippen molar-refractivity contribution >= 4 is 18.1 Å². The molecule has 2 amide bonds. The number of carbonyl (C=O) groups is 3. The number of ether oxygens (including phenoxy) is 2. The molecule has 2 aliphatic rings.